The Balaban J connectivity index is 4.21. The van der Waals surface area contributed by atoms with E-state index in [1.807, 2.05) is 0 Å². The van der Waals surface area contributed by atoms with Gasteiger partial charge in [-0.2, -0.15) is 0 Å². The van der Waals surface area contributed by atoms with Gasteiger partial charge in [0.05, 0.1) is 0 Å². The normalized spacial score (nSPS) is 15.6. The van der Waals surface area contributed by atoms with Crippen molar-refractivity contribution in [1.29, 1.82) is 0 Å². The van der Waals surface area contributed by atoms with Crippen molar-refractivity contribution < 1.29 is 5.11 Å². The third-order valence-electron chi connectivity index (χ3n) is 3.75. The second-order valence-electron chi connectivity index (χ2n) is 7.69. The number of hydrogen-bond donors (Lipinski definition) is 2. The van der Waals surface area contributed by atoms with Crippen LogP contribution in [0.15, 0.2) is 0 Å². The summed E-state index contributed by atoms with van der Waals surface area (Å²) < 4.78 is 0. The van der Waals surface area contributed by atoms with Crippen molar-refractivity contribution >= 4 is 0 Å². The van der Waals surface area contributed by atoms with Crippen molar-refractivity contribution in [2.75, 3.05) is 33.3 Å². The largest absolute Gasteiger partial charge is 0.396 e. The standard InChI is InChI=1S/C17H38N2O/c1-7-11-17(5,14-18-16(2,3)4)15-19(6)12-9-8-10-13-20/h18,20H,7-15H2,1-6H3. The molecule has 0 aromatic heterocycles. The molecule has 0 rings (SSSR count). The third kappa shape index (κ3) is 10.6. The summed E-state index contributed by atoms with van der Waals surface area (Å²) in [5.74, 6) is 0. The molecule has 0 amide bonds. The maximum atomic E-state index is 8.81. The molecule has 0 saturated heterocycles. The van der Waals surface area contributed by atoms with E-state index >= 15 is 0 Å². The Morgan fingerprint density at radius 1 is 1.05 bits per heavy atom. The van der Waals surface area contributed by atoms with Gasteiger partial charge in [0.1, 0.15) is 0 Å². The third-order valence-corrected chi connectivity index (χ3v) is 3.75. The maximum absolute atomic E-state index is 8.81. The summed E-state index contributed by atoms with van der Waals surface area (Å²) >= 11 is 0. The molecule has 1 atom stereocenters. The van der Waals surface area contributed by atoms with E-state index in [4.69, 9.17) is 5.11 Å². The minimum absolute atomic E-state index is 0.189. The topological polar surface area (TPSA) is 35.5 Å². The van der Waals surface area contributed by atoms with Gasteiger partial charge in [-0.05, 0) is 65.5 Å². The van der Waals surface area contributed by atoms with E-state index in [2.05, 4.69) is 51.9 Å². The summed E-state index contributed by atoms with van der Waals surface area (Å²) in [4.78, 5) is 2.46. The van der Waals surface area contributed by atoms with Gasteiger partial charge in [-0.3, -0.25) is 0 Å². The van der Waals surface area contributed by atoms with Gasteiger partial charge in [0.2, 0.25) is 0 Å². The Hall–Kier alpha value is -0.120. The Morgan fingerprint density at radius 2 is 1.70 bits per heavy atom. The smallest absolute Gasteiger partial charge is 0.0431 e. The highest BCUT2D eigenvalue weighted by Crippen LogP contribution is 2.24. The van der Waals surface area contributed by atoms with Crippen LogP contribution in [0.2, 0.25) is 0 Å². The number of nitrogens with one attached hydrogen (secondary N) is 1. The van der Waals surface area contributed by atoms with E-state index in [0.29, 0.717) is 12.0 Å². The molecule has 0 heterocycles. The van der Waals surface area contributed by atoms with Gasteiger partial charge in [-0.1, -0.05) is 20.3 Å². The number of aliphatic hydroxyl groups excluding tert-OH is 1. The van der Waals surface area contributed by atoms with Crippen LogP contribution in [0.5, 0.6) is 0 Å². The predicted molar refractivity (Wildman–Crippen MR) is 89.2 cm³/mol. The van der Waals surface area contributed by atoms with Gasteiger partial charge in [0.25, 0.3) is 0 Å². The monoisotopic (exact) mass is 286 g/mol. The molecule has 0 aliphatic carbocycles. The van der Waals surface area contributed by atoms with Gasteiger partial charge in [0, 0.05) is 25.2 Å². The van der Waals surface area contributed by atoms with Gasteiger partial charge in [0.15, 0.2) is 0 Å². The Bertz CT molecular complexity index is 238. The molecule has 0 spiro atoms. The average molecular weight is 287 g/mol. The molecule has 20 heavy (non-hydrogen) atoms. The van der Waals surface area contributed by atoms with Crippen LogP contribution in [0.4, 0.5) is 0 Å². The SMILES string of the molecule is CCCC(C)(CNC(C)(C)C)CN(C)CCCCCO. The molecule has 0 saturated carbocycles. The van der Waals surface area contributed by atoms with Crippen LogP contribution in [0.1, 0.15) is 66.7 Å². The molecule has 3 nitrogen and oxygen atoms in total. The van der Waals surface area contributed by atoms with E-state index in [1.165, 1.54) is 19.3 Å². The van der Waals surface area contributed by atoms with E-state index in [0.717, 1.165) is 32.5 Å². The first kappa shape index (κ1) is 19.9. The highest BCUT2D eigenvalue weighted by molar-refractivity contribution is 4.83. The fourth-order valence-corrected chi connectivity index (χ4v) is 2.71. The quantitative estimate of drug-likeness (QED) is 0.572. The highest BCUT2D eigenvalue weighted by atomic mass is 16.2. The molecule has 1 unspecified atom stereocenters. The number of nitrogens with zero attached hydrogens (tertiary/aromatic N) is 1. The molecule has 0 aromatic carbocycles. The maximum Gasteiger partial charge on any atom is 0.0431 e. The summed E-state index contributed by atoms with van der Waals surface area (Å²) in [6.07, 6.45) is 5.75. The summed E-state index contributed by atoms with van der Waals surface area (Å²) in [5.41, 5.74) is 0.530. The molecule has 122 valence electrons. The number of unbranched alkanes of at least 4 members (excludes halogenated alkanes) is 2. The fraction of sp³-hybridized carbons (Fsp3) is 1.00. The van der Waals surface area contributed by atoms with Crippen LogP contribution in [0.3, 0.4) is 0 Å². The van der Waals surface area contributed by atoms with Crippen LogP contribution >= 0.6 is 0 Å². The van der Waals surface area contributed by atoms with E-state index in [1.54, 1.807) is 0 Å². The molecular weight excluding hydrogens is 248 g/mol. The van der Waals surface area contributed by atoms with Crippen molar-refractivity contribution in [2.24, 2.45) is 5.41 Å². The van der Waals surface area contributed by atoms with E-state index < -0.39 is 0 Å². The number of aliphatic hydroxyl groups is 1. The number of rotatable bonds is 11. The summed E-state index contributed by atoms with van der Waals surface area (Å²) in [7, 11) is 2.23. The van der Waals surface area contributed by atoms with Crippen LogP contribution in [0, 0.1) is 5.41 Å². The summed E-state index contributed by atoms with van der Waals surface area (Å²) in [6, 6.07) is 0. The first-order valence-electron chi connectivity index (χ1n) is 8.27. The lowest BCUT2D eigenvalue weighted by atomic mass is 9.84. The molecular formula is C17H38N2O. The minimum atomic E-state index is 0.189. The first-order chi connectivity index (χ1) is 9.22. The van der Waals surface area contributed by atoms with Crippen molar-refractivity contribution in [1.82, 2.24) is 10.2 Å². The molecule has 2 N–H and O–H groups in total. The van der Waals surface area contributed by atoms with Crippen LogP contribution < -0.4 is 5.32 Å². The fourth-order valence-electron chi connectivity index (χ4n) is 2.71. The Morgan fingerprint density at radius 3 is 2.20 bits per heavy atom. The second-order valence-corrected chi connectivity index (χ2v) is 7.69. The van der Waals surface area contributed by atoms with Crippen LogP contribution in [-0.4, -0.2) is 48.8 Å². The second kappa shape index (κ2) is 9.75. The Kier molecular flexibility index (Phi) is 9.69. The van der Waals surface area contributed by atoms with Crippen molar-refractivity contribution in [2.45, 2.75) is 72.3 Å². The molecule has 0 radical (unpaired) electrons. The molecule has 0 bridgehead atoms. The van der Waals surface area contributed by atoms with Gasteiger partial charge < -0.3 is 15.3 Å². The lowest BCUT2D eigenvalue weighted by molar-refractivity contribution is 0.159. The van der Waals surface area contributed by atoms with Crippen molar-refractivity contribution in [3.8, 4) is 0 Å². The predicted octanol–water partition coefficient (Wildman–Crippen LogP) is 3.28. The zero-order valence-electron chi connectivity index (χ0n) is 14.8. The molecule has 0 fully saturated rings. The average Bonchev–Trinajstić information content (AvgIpc) is 2.32. The summed E-state index contributed by atoms with van der Waals surface area (Å²) in [6.45, 7) is 15.1. The Labute approximate surface area is 127 Å². The molecule has 0 aliphatic rings. The van der Waals surface area contributed by atoms with Crippen LogP contribution in [0.25, 0.3) is 0 Å². The lowest BCUT2D eigenvalue weighted by Crippen LogP contribution is -2.47. The van der Waals surface area contributed by atoms with Crippen LogP contribution in [-0.2, 0) is 0 Å². The first-order valence-corrected chi connectivity index (χ1v) is 8.27. The zero-order chi connectivity index (χ0) is 15.6. The van der Waals surface area contributed by atoms with Crippen molar-refractivity contribution in [3.63, 3.8) is 0 Å². The molecule has 0 aromatic rings. The van der Waals surface area contributed by atoms with E-state index in [9.17, 15) is 0 Å². The zero-order valence-corrected chi connectivity index (χ0v) is 14.8. The molecule has 3 heteroatoms. The number of hydrogen-bond acceptors (Lipinski definition) is 3. The highest BCUT2D eigenvalue weighted by Gasteiger charge is 2.26. The molecule has 0 aliphatic heterocycles. The van der Waals surface area contributed by atoms with Gasteiger partial charge >= 0.3 is 0 Å². The van der Waals surface area contributed by atoms with Gasteiger partial charge in [-0.15, -0.1) is 0 Å². The minimum Gasteiger partial charge on any atom is -0.396 e. The summed E-state index contributed by atoms with van der Waals surface area (Å²) in [5, 5.41) is 12.5. The van der Waals surface area contributed by atoms with Crippen molar-refractivity contribution in [3.05, 3.63) is 0 Å². The van der Waals surface area contributed by atoms with E-state index in [-0.39, 0.29) is 5.54 Å². The van der Waals surface area contributed by atoms with Gasteiger partial charge in [-0.25, -0.2) is 0 Å². The lowest BCUT2D eigenvalue weighted by Gasteiger charge is -2.36.